The number of carbonyl (C=O) groups is 2. The van der Waals surface area contributed by atoms with Gasteiger partial charge in [0.1, 0.15) is 11.5 Å². The number of nitrogens with one attached hydrogen (secondary N) is 1. The number of amides is 2. The Labute approximate surface area is 234 Å². The van der Waals surface area contributed by atoms with Crippen molar-refractivity contribution in [1.29, 1.82) is 0 Å². The molecule has 210 valence electrons. The van der Waals surface area contributed by atoms with E-state index in [9.17, 15) is 18.0 Å². The smallest absolute Gasteiger partial charge is 0.262 e. The molecule has 3 aromatic carbocycles. The number of fused-ring (bicyclic) bond motifs is 1. The molecule has 0 spiro atoms. The van der Waals surface area contributed by atoms with Gasteiger partial charge in [0.2, 0.25) is 10.0 Å². The highest BCUT2D eigenvalue weighted by atomic mass is 32.2. The molecule has 9 nitrogen and oxygen atoms in total. The SMILES string of the molecule is COc1ccc(C(=O)N2CCc3ccc(NC(=O)COc4ccc(S(=O)(=O)N5CCCCC5)cc4C)cc32)cc1. The van der Waals surface area contributed by atoms with Crippen molar-refractivity contribution in [2.75, 3.05) is 43.6 Å². The first-order valence-corrected chi connectivity index (χ1v) is 14.8. The van der Waals surface area contributed by atoms with Crippen molar-refractivity contribution in [2.24, 2.45) is 0 Å². The summed E-state index contributed by atoms with van der Waals surface area (Å²) < 4.78 is 38.4. The number of sulfonamides is 1. The molecule has 40 heavy (non-hydrogen) atoms. The number of methoxy groups -OCH3 is 1. The molecular formula is C30H33N3O6S. The lowest BCUT2D eigenvalue weighted by Crippen LogP contribution is -2.35. The van der Waals surface area contributed by atoms with Crippen molar-refractivity contribution in [3.63, 3.8) is 0 Å². The summed E-state index contributed by atoms with van der Waals surface area (Å²) in [6.45, 7) is 3.15. The molecule has 2 heterocycles. The van der Waals surface area contributed by atoms with Gasteiger partial charge >= 0.3 is 0 Å². The Morgan fingerprint density at radius 2 is 1.68 bits per heavy atom. The van der Waals surface area contributed by atoms with E-state index >= 15 is 0 Å². The van der Waals surface area contributed by atoms with Crippen LogP contribution >= 0.6 is 0 Å². The first-order valence-electron chi connectivity index (χ1n) is 13.4. The van der Waals surface area contributed by atoms with Crippen LogP contribution in [0.1, 0.15) is 40.7 Å². The van der Waals surface area contributed by atoms with E-state index in [1.54, 1.807) is 61.4 Å². The zero-order valence-electron chi connectivity index (χ0n) is 22.7. The third kappa shape index (κ3) is 5.83. The van der Waals surface area contributed by atoms with Gasteiger partial charge < -0.3 is 19.7 Å². The summed E-state index contributed by atoms with van der Waals surface area (Å²) in [4.78, 5) is 27.8. The average Bonchev–Trinajstić information content (AvgIpc) is 3.40. The summed E-state index contributed by atoms with van der Waals surface area (Å²) >= 11 is 0. The monoisotopic (exact) mass is 563 g/mol. The fourth-order valence-electron chi connectivity index (χ4n) is 5.10. The first kappa shape index (κ1) is 27.7. The molecule has 1 saturated heterocycles. The van der Waals surface area contributed by atoms with Crippen LogP contribution < -0.4 is 19.7 Å². The summed E-state index contributed by atoms with van der Waals surface area (Å²) in [5.41, 5.74) is 3.55. The summed E-state index contributed by atoms with van der Waals surface area (Å²) in [6.07, 6.45) is 3.52. The van der Waals surface area contributed by atoms with E-state index in [1.807, 2.05) is 12.1 Å². The fraction of sp³-hybridized carbons (Fsp3) is 0.333. The Morgan fingerprint density at radius 3 is 2.38 bits per heavy atom. The minimum Gasteiger partial charge on any atom is -0.497 e. The topological polar surface area (TPSA) is 105 Å². The number of rotatable bonds is 8. The van der Waals surface area contributed by atoms with Gasteiger partial charge in [0.05, 0.1) is 12.0 Å². The normalized spacial score (nSPS) is 15.4. The summed E-state index contributed by atoms with van der Waals surface area (Å²) in [5.74, 6) is 0.641. The third-order valence-electron chi connectivity index (χ3n) is 7.30. The fourth-order valence-corrected chi connectivity index (χ4v) is 6.70. The molecule has 1 fully saturated rings. The summed E-state index contributed by atoms with van der Waals surface area (Å²) in [7, 11) is -1.97. The number of benzene rings is 3. The van der Waals surface area contributed by atoms with E-state index in [0.717, 1.165) is 36.9 Å². The molecular weight excluding hydrogens is 530 g/mol. The maximum absolute atomic E-state index is 13.1. The van der Waals surface area contributed by atoms with Crippen LogP contribution in [0, 0.1) is 6.92 Å². The molecule has 2 aliphatic rings. The number of aryl methyl sites for hydroxylation is 1. The van der Waals surface area contributed by atoms with E-state index in [1.165, 1.54) is 10.4 Å². The van der Waals surface area contributed by atoms with E-state index in [2.05, 4.69) is 5.32 Å². The van der Waals surface area contributed by atoms with Gasteiger partial charge in [0.25, 0.3) is 11.8 Å². The van der Waals surface area contributed by atoms with Crippen LogP contribution in [0.5, 0.6) is 11.5 Å². The minimum atomic E-state index is -3.55. The van der Waals surface area contributed by atoms with Crippen molar-refractivity contribution in [3.05, 3.63) is 77.4 Å². The van der Waals surface area contributed by atoms with Crippen LogP contribution in [0.2, 0.25) is 0 Å². The minimum absolute atomic E-state index is 0.116. The van der Waals surface area contributed by atoms with E-state index in [4.69, 9.17) is 9.47 Å². The van der Waals surface area contributed by atoms with Crippen LogP contribution in [0.3, 0.4) is 0 Å². The summed E-state index contributed by atoms with van der Waals surface area (Å²) in [6, 6.07) is 17.2. The Kier molecular flexibility index (Phi) is 8.09. The first-order chi connectivity index (χ1) is 19.3. The maximum atomic E-state index is 13.1. The largest absolute Gasteiger partial charge is 0.497 e. The number of anilines is 2. The van der Waals surface area contributed by atoms with Gasteiger partial charge in [-0.2, -0.15) is 4.31 Å². The Hall–Kier alpha value is -3.89. The van der Waals surface area contributed by atoms with E-state index in [0.29, 0.717) is 47.9 Å². The van der Waals surface area contributed by atoms with E-state index < -0.39 is 10.0 Å². The molecule has 0 atom stereocenters. The molecule has 0 radical (unpaired) electrons. The van der Waals surface area contributed by atoms with Gasteiger partial charge in [-0.05, 0) is 91.9 Å². The predicted octanol–water partition coefficient (Wildman–Crippen LogP) is 4.40. The molecule has 0 saturated carbocycles. The number of hydrogen-bond acceptors (Lipinski definition) is 6. The van der Waals surface area contributed by atoms with Crippen LogP contribution in [0.15, 0.2) is 65.6 Å². The summed E-state index contributed by atoms with van der Waals surface area (Å²) in [5, 5.41) is 2.83. The van der Waals surface area contributed by atoms with Gasteiger partial charge in [0, 0.05) is 36.6 Å². The second-order valence-corrected chi connectivity index (χ2v) is 11.9. The van der Waals surface area contributed by atoms with Crippen LogP contribution in [-0.4, -0.2) is 57.9 Å². The standard InChI is InChI=1S/C30H33N3O6S/c1-21-18-26(40(36,37)32-15-4-3-5-16-32)12-13-28(21)39-20-29(34)31-24-9-6-22-14-17-33(27(22)19-24)30(35)23-7-10-25(38-2)11-8-23/h6-13,18-19H,3-5,14-17,20H2,1-2H3,(H,31,34). The molecule has 1 N–H and O–H groups in total. The lowest BCUT2D eigenvalue weighted by atomic mass is 10.1. The number of carbonyl (C=O) groups excluding carboxylic acids is 2. The molecule has 2 aliphatic heterocycles. The van der Waals surface area contributed by atoms with Gasteiger partial charge in [-0.1, -0.05) is 12.5 Å². The van der Waals surface area contributed by atoms with Crippen LogP contribution in [-0.2, 0) is 21.2 Å². The molecule has 0 bridgehead atoms. The maximum Gasteiger partial charge on any atom is 0.262 e. The molecule has 2 amide bonds. The van der Waals surface area contributed by atoms with Crippen molar-refractivity contribution in [3.8, 4) is 11.5 Å². The van der Waals surface area contributed by atoms with Crippen molar-refractivity contribution in [1.82, 2.24) is 4.31 Å². The van der Waals surface area contributed by atoms with Crippen molar-refractivity contribution >= 4 is 33.2 Å². The average molecular weight is 564 g/mol. The van der Waals surface area contributed by atoms with Crippen LogP contribution in [0.4, 0.5) is 11.4 Å². The van der Waals surface area contributed by atoms with Crippen molar-refractivity contribution < 1.29 is 27.5 Å². The zero-order valence-corrected chi connectivity index (χ0v) is 23.5. The lowest BCUT2D eigenvalue weighted by Gasteiger charge is -2.26. The predicted molar refractivity (Wildman–Crippen MR) is 153 cm³/mol. The highest BCUT2D eigenvalue weighted by Crippen LogP contribution is 2.32. The third-order valence-corrected chi connectivity index (χ3v) is 9.20. The second kappa shape index (κ2) is 11.7. The number of piperidine rings is 1. The Balaban J connectivity index is 1.21. The number of hydrogen-bond donors (Lipinski definition) is 1. The van der Waals surface area contributed by atoms with Gasteiger partial charge in [0.15, 0.2) is 6.61 Å². The van der Waals surface area contributed by atoms with Gasteiger partial charge in [-0.3, -0.25) is 9.59 Å². The highest BCUT2D eigenvalue weighted by molar-refractivity contribution is 7.89. The number of ether oxygens (including phenoxy) is 2. The Bertz CT molecular complexity index is 1510. The number of nitrogens with zero attached hydrogens (tertiary/aromatic N) is 2. The highest BCUT2D eigenvalue weighted by Gasteiger charge is 2.27. The molecule has 0 aliphatic carbocycles. The lowest BCUT2D eigenvalue weighted by molar-refractivity contribution is -0.118. The molecule has 0 aromatic heterocycles. The zero-order chi connectivity index (χ0) is 28.3. The quantitative estimate of drug-likeness (QED) is 0.436. The molecule has 3 aromatic rings. The van der Waals surface area contributed by atoms with Gasteiger partial charge in [-0.25, -0.2) is 8.42 Å². The second-order valence-electron chi connectivity index (χ2n) is 10.0. The van der Waals surface area contributed by atoms with E-state index in [-0.39, 0.29) is 23.3 Å². The Morgan fingerprint density at radius 1 is 0.925 bits per heavy atom. The molecule has 5 rings (SSSR count). The molecule has 0 unspecified atom stereocenters. The van der Waals surface area contributed by atoms with Crippen LogP contribution in [0.25, 0.3) is 0 Å². The molecule has 10 heteroatoms. The van der Waals surface area contributed by atoms with Crippen molar-refractivity contribution in [2.45, 2.75) is 37.5 Å². The van der Waals surface area contributed by atoms with Gasteiger partial charge in [-0.15, -0.1) is 0 Å².